The molecule has 1 aromatic carbocycles. The fourth-order valence-corrected chi connectivity index (χ4v) is 0.732. The fraction of sp³-hybridized carbons (Fsp3) is 0.111. The van der Waals surface area contributed by atoms with Crippen molar-refractivity contribution >= 4 is 0 Å². The number of benzene rings is 1. The molecular formula is C9H8O. The Morgan fingerprint density at radius 2 is 1.90 bits per heavy atom. The molecule has 0 aliphatic heterocycles. The molecule has 0 spiro atoms. The number of hydrogen-bond donors (Lipinski definition) is 1. The highest BCUT2D eigenvalue weighted by Gasteiger charge is 1.88. The second-order valence-electron chi connectivity index (χ2n) is 2.05. The molecule has 10 heavy (non-hydrogen) atoms. The maximum Gasteiger partial charge on any atom is 0.115 e. The van der Waals surface area contributed by atoms with Crippen molar-refractivity contribution in [1.82, 2.24) is 0 Å². The van der Waals surface area contributed by atoms with Crippen LogP contribution in [0.1, 0.15) is 5.56 Å². The summed E-state index contributed by atoms with van der Waals surface area (Å²) in [7, 11) is 0. The van der Waals surface area contributed by atoms with Gasteiger partial charge >= 0.3 is 0 Å². The Labute approximate surface area is 60.3 Å². The van der Waals surface area contributed by atoms with Gasteiger partial charge in [0.05, 0.1) is 0 Å². The van der Waals surface area contributed by atoms with E-state index in [1.165, 1.54) is 0 Å². The predicted molar refractivity (Wildman–Crippen MR) is 40.6 cm³/mol. The highest BCUT2D eigenvalue weighted by atomic mass is 16.3. The van der Waals surface area contributed by atoms with E-state index in [-0.39, 0.29) is 5.75 Å². The van der Waals surface area contributed by atoms with Gasteiger partial charge in [0.15, 0.2) is 0 Å². The number of phenols is 1. The zero-order valence-electron chi connectivity index (χ0n) is 5.54. The second kappa shape index (κ2) is 2.93. The van der Waals surface area contributed by atoms with Crippen molar-refractivity contribution in [1.29, 1.82) is 0 Å². The summed E-state index contributed by atoms with van der Waals surface area (Å²) in [6.07, 6.45) is 5.71. The summed E-state index contributed by atoms with van der Waals surface area (Å²) in [6, 6.07) is 6.89. The molecule has 0 bridgehead atoms. The van der Waals surface area contributed by atoms with E-state index in [0.29, 0.717) is 6.42 Å². The maximum atomic E-state index is 8.87. The first kappa shape index (κ1) is 6.70. The number of aromatic hydroxyl groups is 1. The van der Waals surface area contributed by atoms with Gasteiger partial charge in [-0.3, -0.25) is 0 Å². The van der Waals surface area contributed by atoms with E-state index in [0.717, 1.165) is 5.56 Å². The van der Waals surface area contributed by atoms with Crippen LogP contribution in [0.2, 0.25) is 0 Å². The Morgan fingerprint density at radius 3 is 2.40 bits per heavy atom. The fourth-order valence-electron chi connectivity index (χ4n) is 0.732. The summed E-state index contributed by atoms with van der Waals surface area (Å²) < 4.78 is 0. The standard InChI is InChI=1S/C9H8O/c1-2-3-8-4-6-9(10)7-5-8/h1,4-7,10H,3H2. The molecule has 0 aliphatic carbocycles. The molecule has 0 amide bonds. The summed E-state index contributed by atoms with van der Waals surface area (Å²) in [5, 5.41) is 8.87. The normalized spacial score (nSPS) is 8.70. The lowest BCUT2D eigenvalue weighted by molar-refractivity contribution is 0.475. The molecule has 0 saturated heterocycles. The summed E-state index contributed by atoms with van der Waals surface area (Å²) in [6.45, 7) is 0. The van der Waals surface area contributed by atoms with E-state index in [4.69, 9.17) is 11.5 Å². The van der Waals surface area contributed by atoms with Gasteiger partial charge < -0.3 is 5.11 Å². The highest BCUT2D eigenvalue weighted by Crippen LogP contribution is 2.09. The first-order chi connectivity index (χ1) is 4.83. The molecule has 0 fully saturated rings. The number of phenolic OH excluding ortho intramolecular Hbond substituents is 1. The van der Waals surface area contributed by atoms with Gasteiger partial charge in [-0.15, -0.1) is 12.3 Å². The molecule has 0 aliphatic rings. The summed E-state index contributed by atoms with van der Waals surface area (Å²) in [5.74, 6) is 2.80. The summed E-state index contributed by atoms with van der Waals surface area (Å²) in [4.78, 5) is 0. The molecule has 0 aromatic heterocycles. The molecule has 1 heteroatoms. The Hall–Kier alpha value is -1.42. The third-order valence-electron chi connectivity index (χ3n) is 1.24. The summed E-state index contributed by atoms with van der Waals surface area (Å²) >= 11 is 0. The van der Waals surface area contributed by atoms with E-state index in [1.54, 1.807) is 12.1 Å². The molecule has 1 N–H and O–H groups in total. The van der Waals surface area contributed by atoms with Crippen LogP contribution in [0, 0.1) is 12.3 Å². The molecule has 0 atom stereocenters. The minimum Gasteiger partial charge on any atom is -0.508 e. The van der Waals surface area contributed by atoms with Gasteiger partial charge in [0, 0.05) is 6.42 Å². The minimum atomic E-state index is 0.278. The van der Waals surface area contributed by atoms with Crippen LogP contribution in [0.4, 0.5) is 0 Å². The minimum absolute atomic E-state index is 0.278. The Morgan fingerprint density at radius 1 is 1.30 bits per heavy atom. The van der Waals surface area contributed by atoms with Crippen molar-refractivity contribution < 1.29 is 5.11 Å². The lowest BCUT2D eigenvalue weighted by Crippen LogP contribution is -1.77. The van der Waals surface area contributed by atoms with Gasteiger partial charge in [-0.25, -0.2) is 0 Å². The molecule has 0 radical (unpaired) electrons. The van der Waals surface area contributed by atoms with Crippen LogP contribution in [0.5, 0.6) is 5.75 Å². The first-order valence-corrected chi connectivity index (χ1v) is 3.04. The SMILES string of the molecule is C#CCc1ccc(O)cc1. The monoisotopic (exact) mass is 132 g/mol. The molecule has 1 nitrogen and oxygen atoms in total. The zero-order valence-corrected chi connectivity index (χ0v) is 5.54. The van der Waals surface area contributed by atoms with Crippen molar-refractivity contribution in [3.05, 3.63) is 29.8 Å². The van der Waals surface area contributed by atoms with Crippen LogP contribution in [0.3, 0.4) is 0 Å². The lowest BCUT2D eigenvalue weighted by Gasteiger charge is -1.93. The quantitative estimate of drug-likeness (QED) is 0.575. The third-order valence-corrected chi connectivity index (χ3v) is 1.24. The summed E-state index contributed by atoms with van der Waals surface area (Å²) in [5.41, 5.74) is 1.06. The third kappa shape index (κ3) is 1.53. The van der Waals surface area contributed by atoms with Crippen LogP contribution in [-0.4, -0.2) is 5.11 Å². The molecular weight excluding hydrogens is 124 g/mol. The van der Waals surface area contributed by atoms with Crippen molar-refractivity contribution in [3.63, 3.8) is 0 Å². The van der Waals surface area contributed by atoms with Gasteiger partial charge in [-0.05, 0) is 17.7 Å². The van der Waals surface area contributed by atoms with Crippen LogP contribution < -0.4 is 0 Å². The lowest BCUT2D eigenvalue weighted by atomic mass is 10.1. The van der Waals surface area contributed by atoms with Crippen molar-refractivity contribution in [3.8, 4) is 18.1 Å². The molecule has 1 rings (SSSR count). The van der Waals surface area contributed by atoms with E-state index in [2.05, 4.69) is 5.92 Å². The first-order valence-electron chi connectivity index (χ1n) is 3.04. The second-order valence-corrected chi connectivity index (χ2v) is 2.05. The Balaban J connectivity index is 2.81. The predicted octanol–water partition coefficient (Wildman–Crippen LogP) is 1.57. The van der Waals surface area contributed by atoms with Crippen molar-refractivity contribution in [2.45, 2.75) is 6.42 Å². The van der Waals surface area contributed by atoms with E-state index >= 15 is 0 Å². The van der Waals surface area contributed by atoms with Gasteiger partial charge in [-0.1, -0.05) is 12.1 Å². The number of rotatable bonds is 1. The average Bonchev–Trinajstić information content (AvgIpc) is 1.95. The number of hydrogen-bond acceptors (Lipinski definition) is 1. The molecule has 0 saturated carbocycles. The molecule has 50 valence electrons. The average molecular weight is 132 g/mol. The van der Waals surface area contributed by atoms with Gasteiger partial charge in [0.1, 0.15) is 5.75 Å². The maximum absolute atomic E-state index is 8.87. The smallest absolute Gasteiger partial charge is 0.115 e. The Kier molecular flexibility index (Phi) is 1.96. The van der Waals surface area contributed by atoms with Gasteiger partial charge in [-0.2, -0.15) is 0 Å². The van der Waals surface area contributed by atoms with Crippen LogP contribution in [-0.2, 0) is 6.42 Å². The van der Waals surface area contributed by atoms with Crippen molar-refractivity contribution in [2.75, 3.05) is 0 Å². The van der Waals surface area contributed by atoms with E-state index < -0.39 is 0 Å². The molecule has 0 unspecified atom stereocenters. The molecule has 0 heterocycles. The zero-order chi connectivity index (χ0) is 7.40. The molecule has 1 aromatic rings. The van der Waals surface area contributed by atoms with Crippen molar-refractivity contribution in [2.24, 2.45) is 0 Å². The topological polar surface area (TPSA) is 20.2 Å². The van der Waals surface area contributed by atoms with Gasteiger partial charge in [0.25, 0.3) is 0 Å². The van der Waals surface area contributed by atoms with E-state index in [1.807, 2.05) is 12.1 Å². The Bertz CT molecular complexity index is 240. The van der Waals surface area contributed by atoms with Crippen LogP contribution in [0.15, 0.2) is 24.3 Å². The highest BCUT2D eigenvalue weighted by molar-refractivity contribution is 5.27. The van der Waals surface area contributed by atoms with Crippen LogP contribution >= 0.6 is 0 Å². The van der Waals surface area contributed by atoms with Crippen LogP contribution in [0.25, 0.3) is 0 Å². The largest absolute Gasteiger partial charge is 0.508 e. The number of terminal acetylenes is 1. The van der Waals surface area contributed by atoms with E-state index in [9.17, 15) is 0 Å². The van der Waals surface area contributed by atoms with Gasteiger partial charge in [0.2, 0.25) is 0 Å².